The van der Waals surface area contributed by atoms with E-state index in [1.165, 1.54) is 0 Å². The average Bonchev–Trinajstić information content (AvgIpc) is 2.50. The van der Waals surface area contributed by atoms with Gasteiger partial charge in [-0.3, -0.25) is 4.79 Å². The van der Waals surface area contributed by atoms with Crippen molar-refractivity contribution in [1.29, 1.82) is 0 Å². The van der Waals surface area contributed by atoms with E-state index in [2.05, 4.69) is 21.2 Å². The molecule has 0 saturated heterocycles. The first kappa shape index (κ1) is 17.7. The van der Waals surface area contributed by atoms with Crippen LogP contribution in [-0.4, -0.2) is 25.8 Å². The van der Waals surface area contributed by atoms with Gasteiger partial charge in [-0.1, -0.05) is 46.3 Å². The fourth-order valence-corrected chi connectivity index (χ4v) is 3.61. The van der Waals surface area contributed by atoms with Crippen LogP contribution >= 0.6 is 15.9 Å². The molecule has 0 aliphatic carbocycles. The van der Waals surface area contributed by atoms with Crippen molar-refractivity contribution >= 4 is 37.4 Å². The Morgan fingerprint density at radius 3 is 2.30 bits per heavy atom. The maximum atomic E-state index is 12.0. The number of halogens is 1. The molecule has 0 aliphatic rings. The highest BCUT2D eigenvalue weighted by Gasteiger charge is 2.16. The smallest absolute Gasteiger partial charge is 0.239 e. The third kappa shape index (κ3) is 6.54. The van der Waals surface area contributed by atoms with Gasteiger partial charge in [0.1, 0.15) is 5.75 Å². The Morgan fingerprint density at radius 1 is 1.00 bits per heavy atom. The van der Waals surface area contributed by atoms with Crippen LogP contribution in [0.2, 0.25) is 0 Å². The van der Waals surface area contributed by atoms with Gasteiger partial charge in [0.05, 0.1) is 5.75 Å². The van der Waals surface area contributed by atoms with E-state index in [9.17, 15) is 13.2 Å². The van der Waals surface area contributed by atoms with Gasteiger partial charge in [0.15, 0.2) is 9.84 Å². The van der Waals surface area contributed by atoms with E-state index >= 15 is 0 Å². The normalized spacial score (nSPS) is 11.2. The van der Waals surface area contributed by atoms with Gasteiger partial charge in [-0.2, -0.15) is 0 Å². The van der Waals surface area contributed by atoms with Crippen LogP contribution in [0.25, 0.3) is 0 Å². The van der Waals surface area contributed by atoms with Crippen LogP contribution < -0.4 is 5.32 Å². The summed E-state index contributed by atoms with van der Waals surface area (Å²) in [5.41, 5.74) is 1.68. The summed E-state index contributed by atoms with van der Waals surface area (Å²) >= 11 is 3.30. The van der Waals surface area contributed by atoms with Gasteiger partial charge in [-0.05, 0) is 42.7 Å². The van der Waals surface area contributed by atoms with Crippen LogP contribution in [0.5, 0.6) is 0 Å². The summed E-state index contributed by atoms with van der Waals surface area (Å²) in [5, 5.41) is 2.59. The van der Waals surface area contributed by atoms with E-state index in [1.807, 2.05) is 30.3 Å². The second-order valence-electron chi connectivity index (χ2n) is 5.24. The van der Waals surface area contributed by atoms with Crippen molar-refractivity contribution in [3.63, 3.8) is 0 Å². The largest absolute Gasteiger partial charge is 0.325 e. The number of nitrogens with one attached hydrogen (secondary N) is 1. The highest BCUT2D eigenvalue weighted by molar-refractivity contribution is 9.10. The molecule has 0 radical (unpaired) electrons. The Bertz CT molecular complexity index is 743. The zero-order valence-electron chi connectivity index (χ0n) is 12.5. The van der Waals surface area contributed by atoms with Crippen LogP contribution in [0.1, 0.15) is 12.0 Å². The van der Waals surface area contributed by atoms with Crippen LogP contribution in [0.15, 0.2) is 59.1 Å². The Hall–Kier alpha value is -1.66. The Labute approximate surface area is 145 Å². The molecule has 6 heteroatoms. The quantitative estimate of drug-likeness (QED) is 0.780. The summed E-state index contributed by atoms with van der Waals surface area (Å²) in [6.07, 6.45) is 1.20. The molecule has 0 saturated carbocycles. The number of hydrogen-bond acceptors (Lipinski definition) is 3. The highest BCUT2D eigenvalue weighted by Crippen LogP contribution is 2.14. The Balaban J connectivity index is 1.80. The lowest BCUT2D eigenvalue weighted by Crippen LogP contribution is -2.24. The predicted molar refractivity (Wildman–Crippen MR) is 96.2 cm³/mol. The van der Waals surface area contributed by atoms with Crippen molar-refractivity contribution in [1.82, 2.24) is 0 Å². The molecule has 1 N–H and O–H groups in total. The minimum Gasteiger partial charge on any atom is -0.325 e. The SMILES string of the molecule is O=C(CS(=O)(=O)CCCc1ccccc1)Nc1ccc(Br)cc1. The standard InChI is InChI=1S/C17H18BrNO3S/c18-15-8-10-16(11-9-15)19-17(20)13-23(21,22)12-4-7-14-5-2-1-3-6-14/h1-3,5-6,8-11H,4,7,12-13H2,(H,19,20). The second kappa shape index (κ2) is 8.26. The number of aryl methyl sites for hydroxylation is 1. The number of hydrogen-bond donors (Lipinski definition) is 1. The van der Waals surface area contributed by atoms with Crippen LogP contribution in [-0.2, 0) is 21.1 Å². The topological polar surface area (TPSA) is 63.2 Å². The molecule has 2 aromatic carbocycles. The lowest BCUT2D eigenvalue weighted by Gasteiger charge is -2.07. The molecule has 0 spiro atoms. The third-order valence-corrected chi connectivity index (χ3v) is 5.38. The lowest BCUT2D eigenvalue weighted by molar-refractivity contribution is -0.113. The summed E-state index contributed by atoms with van der Waals surface area (Å²) < 4.78 is 24.9. The van der Waals surface area contributed by atoms with Crippen molar-refractivity contribution in [2.75, 3.05) is 16.8 Å². The van der Waals surface area contributed by atoms with E-state index in [0.717, 1.165) is 10.0 Å². The Morgan fingerprint density at radius 2 is 1.65 bits per heavy atom. The lowest BCUT2D eigenvalue weighted by atomic mass is 10.1. The van der Waals surface area contributed by atoms with Crippen LogP contribution in [0.4, 0.5) is 5.69 Å². The van der Waals surface area contributed by atoms with Gasteiger partial charge in [0.2, 0.25) is 5.91 Å². The van der Waals surface area contributed by atoms with Crippen LogP contribution in [0, 0.1) is 0 Å². The monoisotopic (exact) mass is 395 g/mol. The summed E-state index contributed by atoms with van der Waals surface area (Å²) in [5.74, 6) is -0.986. The van der Waals surface area contributed by atoms with Crippen LogP contribution in [0.3, 0.4) is 0 Å². The predicted octanol–water partition coefficient (Wildman–Crippen LogP) is 3.44. The van der Waals surface area contributed by atoms with Crippen molar-refractivity contribution in [3.8, 4) is 0 Å². The Kier molecular flexibility index (Phi) is 6.36. The highest BCUT2D eigenvalue weighted by atomic mass is 79.9. The second-order valence-corrected chi connectivity index (χ2v) is 8.34. The molecule has 0 heterocycles. The number of carbonyl (C=O) groups is 1. The van der Waals surface area contributed by atoms with Crippen molar-refractivity contribution in [2.24, 2.45) is 0 Å². The molecule has 0 bridgehead atoms. The molecule has 4 nitrogen and oxygen atoms in total. The van der Waals surface area contributed by atoms with Crippen molar-refractivity contribution < 1.29 is 13.2 Å². The van der Waals surface area contributed by atoms with E-state index < -0.39 is 21.5 Å². The minimum atomic E-state index is -3.40. The third-order valence-electron chi connectivity index (χ3n) is 3.24. The first-order valence-corrected chi connectivity index (χ1v) is 9.86. The summed E-state index contributed by atoms with van der Waals surface area (Å²) in [7, 11) is -3.40. The maximum Gasteiger partial charge on any atom is 0.239 e. The molecule has 23 heavy (non-hydrogen) atoms. The number of benzene rings is 2. The van der Waals surface area contributed by atoms with Gasteiger partial charge in [0.25, 0.3) is 0 Å². The molecular weight excluding hydrogens is 378 g/mol. The van der Waals surface area contributed by atoms with E-state index in [4.69, 9.17) is 0 Å². The fraction of sp³-hybridized carbons (Fsp3) is 0.235. The number of amides is 1. The van der Waals surface area contributed by atoms with Gasteiger partial charge < -0.3 is 5.32 Å². The first-order valence-electron chi connectivity index (χ1n) is 7.24. The number of carbonyl (C=O) groups excluding carboxylic acids is 1. The van der Waals surface area contributed by atoms with Gasteiger partial charge in [-0.15, -0.1) is 0 Å². The number of sulfone groups is 1. The molecule has 2 aromatic rings. The van der Waals surface area contributed by atoms with Crippen molar-refractivity contribution in [2.45, 2.75) is 12.8 Å². The molecule has 2 rings (SSSR count). The molecular formula is C17H18BrNO3S. The summed E-state index contributed by atoms with van der Waals surface area (Å²) in [6, 6.07) is 16.7. The number of rotatable bonds is 7. The summed E-state index contributed by atoms with van der Waals surface area (Å²) in [6.45, 7) is 0. The molecule has 0 aromatic heterocycles. The molecule has 0 atom stereocenters. The first-order chi connectivity index (χ1) is 10.9. The molecule has 0 fully saturated rings. The zero-order valence-corrected chi connectivity index (χ0v) is 14.9. The fourth-order valence-electron chi connectivity index (χ4n) is 2.14. The molecule has 122 valence electrons. The summed E-state index contributed by atoms with van der Waals surface area (Å²) in [4.78, 5) is 11.8. The van der Waals surface area contributed by atoms with Gasteiger partial charge in [0, 0.05) is 10.2 Å². The van der Waals surface area contributed by atoms with E-state index in [0.29, 0.717) is 18.5 Å². The average molecular weight is 396 g/mol. The molecule has 0 unspecified atom stereocenters. The van der Waals surface area contributed by atoms with Gasteiger partial charge in [-0.25, -0.2) is 8.42 Å². The minimum absolute atomic E-state index is 0.00958. The molecule has 0 aliphatic heterocycles. The van der Waals surface area contributed by atoms with E-state index in [-0.39, 0.29) is 5.75 Å². The number of anilines is 1. The van der Waals surface area contributed by atoms with Crippen molar-refractivity contribution in [3.05, 3.63) is 64.6 Å². The maximum absolute atomic E-state index is 12.0. The van der Waals surface area contributed by atoms with Gasteiger partial charge >= 0.3 is 0 Å². The van der Waals surface area contributed by atoms with E-state index in [1.54, 1.807) is 24.3 Å². The molecule has 1 amide bonds. The zero-order chi connectivity index (χ0) is 16.7.